The molecule has 19 heavy (non-hydrogen) atoms. The van der Waals surface area contributed by atoms with Crippen molar-refractivity contribution >= 4 is 0 Å². The summed E-state index contributed by atoms with van der Waals surface area (Å²) < 4.78 is 0. The van der Waals surface area contributed by atoms with Gasteiger partial charge in [0.15, 0.2) is 0 Å². The van der Waals surface area contributed by atoms with E-state index in [2.05, 4.69) is 26.5 Å². The number of hydrogen-bond donors (Lipinski definition) is 0. The Labute approximate surface area is 123 Å². The zero-order valence-corrected chi connectivity index (χ0v) is 13.8. The van der Waals surface area contributed by atoms with Crippen molar-refractivity contribution in [2.75, 3.05) is 0 Å². The molecule has 0 aliphatic rings. The first kappa shape index (κ1) is 18.7. The molecule has 0 radical (unpaired) electrons. The zero-order chi connectivity index (χ0) is 14.2. The van der Waals surface area contributed by atoms with E-state index in [0.29, 0.717) is 0 Å². The number of rotatable bonds is 15. The van der Waals surface area contributed by atoms with Crippen LogP contribution in [0.4, 0.5) is 0 Å². The minimum absolute atomic E-state index is 0.781. The largest absolute Gasteiger partial charge is 0.103 e. The summed E-state index contributed by atoms with van der Waals surface area (Å²) in [5.41, 5.74) is 0. The molecule has 0 aromatic rings. The summed E-state index contributed by atoms with van der Waals surface area (Å²) in [6.07, 6.45) is 22.0. The highest BCUT2D eigenvalue weighted by Crippen LogP contribution is 2.17. The van der Waals surface area contributed by atoms with Gasteiger partial charge in [0.25, 0.3) is 0 Å². The van der Waals surface area contributed by atoms with Gasteiger partial charge in [-0.1, -0.05) is 97.0 Å². The molecule has 0 saturated heterocycles. The van der Waals surface area contributed by atoms with E-state index in [9.17, 15) is 0 Å². The second-order valence-corrected chi connectivity index (χ2v) is 6.11. The number of unbranched alkanes of at least 4 members (excludes halogenated alkanes) is 10. The maximum absolute atomic E-state index is 3.95. The quantitative estimate of drug-likeness (QED) is 0.216. The van der Waals surface area contributed by atoms with Gasteiger partial charge in [-0.05, 0) is 18.8 Å². The van der Waals surface area contributed by atoms with Crippen LogP contribution < -0.4 is 0 Å². The summed E-state index contributed by atoms with van der Waals surface area (Å²) in [5.74, 6) is 0.781. The minimum atomic E-state index is 0.781. The third-order valence-corrected chi connectivity index (χ3v) is 4.17. The van der Waals surface area contributed by atoms with E-state index >= 15 is 0 Å². The van der Waals surface area contributed by atoms with Crippen LogP contribution in [0, 0.1) is 5.92 Å². The first-order chi connectivity index (χ1) is 9.35. The van der Waals surface area contributed by atoms with E-state index < -0.39 is 0 Å². The first-order valence-corrected chi connectivity index (χ1v) is 8.97. The van der Waals surface area contributed by atoms with E-state index in [-0.39, 0.29) is 0 Å². The molecule has 0 saturated carbocycles. The van der Waals surface area contributed by atoms with E-state index in [0.717, 1.165) is 5.92 Å². The topological polar surface area (TPSA) is 0 Å². The summed E-state index contributed by atoms with van der Waals surface area (Å²) in [6.45, 7) is 8.51. The fraction of sp³-hybridized carbons (Fsp3) is 0.895. The average Bonchev–Trinajstić information content (AvgIpc) is 2.43. The molecule has 1 atom stereocenters. The summed E-state index contributed by atoms with van der Waals surface area (Å²) in [6, 6.07) is 0. The van der Waals surface area contributed by atoms with Crippen LogP contribution in [-0.2, 0) is 0 Å². The molecule has 0 aliphatic heterocycles. The summed E-state index contributed by atoms with van der Waals surface area (Å²) in [7, 11) is 0. The van der Waals surface area contributed by atoms with Crippen LogP contribution in [0.5, 0.6) is 0 Å². The molecule has 0 rings (SSSR count). The second-order valence-electron chi connectivity index (χ2n) is 6.11. The fourth-order valence-corrected chi connectivity index (χ4v) is 2.82. The normalized spacial score (nSPS) is 12.5. The molecule has 0 heterocycles. The Hall–Kier alpha value is -0.260. The molecule has 0 aromatic heterocycles. The van der Waals surface area contributed by atoms with Crippen LogP contribution in [0.3, 0.4) is 0 Å². The van der Waals surface area contributed by atoms with Gasteiger partial charge < -0.3 is 0 Å². The molecule has 0 bridgehead atoms. The van der Waals surface area contributed by atoms with Gasteiger partial charge in [0.1, 0.15) is 0 Å². The predicted molar refractivity (Wildman–Crippen MR) is 89.7 cm³/mol. The lowest BCUT2D eigenvalue weighted by atomic mass is 9.96. The lowest BCUT2D eigenvalue weighted by Gasteiger charge is -2.10. The van der Waals surface area contributed by atoms with Crippen molar-refractivity contribution < 1.29 is 0 Å². The number of hydrogen-bond acceptors (Lipinski definition) is 0. The van der Waals surface area contributed by atoms with Crippen molar-refractivity contribution in [1.29, 1.82) is 0 Å². The van der Waals surface area contributed by atoms with Crippen molar-refractivity contribution in [2.24, 2.45) is 5.92 Å². The Bertz CT molecular complexity index is 171. The fourth-order valence-electron chi connectivity index (χ4n) is 2.82. The van der Waals surface area contributed by atoms with Crippen LogP contribution in [-0.4, -0.2) is 0 Å². The van der Waals surface area contributed by atoms with Crippen LogP contribution in [0.25, 0.3) is 0 Å². The van der Waals surface area contributed by atoms with Gasteiger partial charge in [-0.3, -0.25) is 0 Å². The highest BCUT2D eigenvalue weighted by atomic mass is 14.1. The molecule has 114 valence electrons. The van der Waals surface area contributed by atoms with Gasteiger partial charge in [-0.2, -0.15) is 0 Å². The van der Waals surface area contributed by atoms with Gasteiger partial charge >= 0.3 is 0 Å². The summed E-state index contributed by atoms with van der Waals surface area (Å²) in [4.78, 5) is 0. The van der Waals surface area contributed by atoms with E-state index in [1.807, 2.05) is 0 Å². The molecule has 0 nitrogen and oxygen atoms in total. The third kappa shape index (κ3) is 14.0. The van der Waals surface area contributed by atoms with Gasteiger partial charge in [0, 0.05) is 0 Å². The molecule has 0 heteroatoms. The minimum Gasteiger partial charge on any atom is -0.103 e. The SMILES string of the molecule is C=CC(CCC)CCCCCCCCCCCCC. The van der Waals surface area contributed by atoms with Crippen molar-refractivity contribution in [3.05, 3.63) is 12.7 Å². The predicted octanol–water partition coefficient (Wildman–Crippen LogP) is 7.29. The van der Waals surface area contributed by atoms with Crippen molar-refractivity contribution in [3.8, 4) is 0 Å². The Balaban J connectivity index is 3.11. The van der Waals surface area contributed by atoms with Gasteiger partial charge in [-0.15, -0.1) is 6.58 Å². The van der Waals surface area contributed by atoms with Crippen LogP contribution in [0.1, 0.15) is 104 Å². The van der Waals surface area contributed by atoms with E-state index in [4.69, 9.17) is 0 Å². The standard InChI is InChI=1S/C19H38/c1-4-7-8-9-10-11-12-13-14-15-16-18-19(6-3)17-5-2/h6,19H,3-5,7-18H2,1-2H3. The maximum Gasteiger partial charge on any atom is -0.0236 e. The van der Waals surface area contributed by atoms with Crippen LogP contribution in [0.2, 0.25) is 0 Å². The number of allylic oxidation sites excluding steroid dienone is 1. The van der Waals surface area contributed by atoms with Crippen LogP contribution in [0.15, 0.2) is 12.7 Å². The molecular formula is C19H38. The first-order valence-electron chi connectivity index (χ1n) is 8.97. The van der Waals surface area contributed by atoms with Gasteiger partial charge in [-0.25, -0.2) is 0 Å². The second kappa shape index (κ2) is 15.8. The molecule has 0 aliphatic carbocycles. The summed E-state index contributed by atoms with van der Waals surface area (Å²) in [5, 5.41) is 0. The zero-order valence-electron chi connectivity index (χ0n) is 13.8. The molecular weight excluding hydrogens is 228 g/mol. The van der Waals surface area contributed by atoms with Crippen molar-refractivity contribution in [2.45, 2.75) is 104 Å². The molecule has 0 spiro atoms. The molecule has 0 N–H and O–H groups in total. The maximum atomic E-state index is 3.95. The molecule has 0 aromatic carbocycles. The highest BCUT2D eigenvalue weighted by molar-refractivity contribution is 4.78. The Kier molecular flexibility index (Phi) is 15.6. The molecule has 0 fully saturated rings. The lowest BCUT2D eigenvalue weighted by molar-refractivity contribution is 0.485. The Morgan fingerprint density at radius 3 is 1.53 bits per heavy atom. The van der Waals surface area contributed by atoms with E-state index in [1.54, 1.807) is 0 Å². The Morgan fingerprint density at radius 1 is 0.632 bits per heavy atom. The average molecular weight is 267 g/mol. The van der Waals surface area contributed by atoms with E-state index in [1.165, 1.54) is 89.9 Å². The van der Waals surface area contributed by atoms with Crippen molar-refractivity contribution in [3.63, 3.8) is 0 Å². The smallest absolute Gasteiger partial charge is 0.0236 e. The van der Waals surface area contributed by atoms with Crippen LogP contribution >= 0.6 is 0 Å². The molecule has 1 unspecified atom stereocenters. The lowest BCUT2D eigenvalue weighted by Crippen LogP contribution is -1.95. The van der Waals surface area contributed by atoms with Gasteiger partial charge in [0.05, 0.1) is 0 Å². The highest BCUT2D eigenvalue weighted by Gasteiger charge is 2.02. The molecule has 0 amide bonds. The van der Waals surface area contributed by atoms with Gasteiger partial charge in [0.2, 0.25) is 0 Å². The summed E-state index contributed by atoms with van der Waals surface area (Å²) >= 11 is 0. The van der Waals surface area contributed by atoms with Crippen molar-refractivity contribution in [1.82, 2.24) is 0 Å². The monoisotopic (exact) mass is 266 g/mol. The third-order valence-electron chi connectivity index (χ3n) is 4.17. The Morgan fingerprint density at radius 2 is 1.11 bits per heavy atom.